The Morgan fingerprint density at radius 3 is 2.56 bits per heavy atom. The van der Waals surface area contributed by atoms with Crippen LogP contribution in [-0.4, -0.2) is 30.9 Å². The molecule has 0 amide bonds. The molecule has 7 nitrogen and oxygen atoms in total. The van der Waals surface area contributed by atoms with Gasteiger partial charge in [-0.15, -0.1) is 6.42 Å². The minimum atomic E-state index is -0.795. The number of rotatable bonds is 9. The number of aromatic nitrogens is 1. The highest BCUT2D eigenvalue weighted by molar-refractivity contribution is 9.10. The fourth-order valence-electron chi connectivity index (χ4n) is 4.36. The van der Waals surface area contributed by atoms with E-state index in [1.54, 1.807) is 36.8 Å². The van der Waals surface area contributed by atoms with Gasteiger partial charge in [0.25, 0.3) is 5.56 Å². The molecule has 0 spiro atoms. The lowest BCUT2D eigenvalue weighted by atomic mass is 9.93. The molecule has 39 heavy (non-hydrogen) atoms. The van der Waals surface area contributed by atoms with Gasteiger partial charge in [-0.05, 0) is 55.8 Å². The summed E-state index contributed by atoms with van der Waals surface area (Å²) in [5, 5.41) is 0. The van der Waals surface area contributed by atoms with Crippen LogP contribution in [0.25, 0.3) is 6.08 Å². The largest absolute Gasteiger partial charge is 0.496 e. The molecule has 1 aromatic heterocycles. The van der Waals surface area contributed by atoms with E-state index in [1.807, 2.05) is 31.2 Å². The molecule has 0 saturated heterocycles. The van der Waals surface area contributed by atoms with Gasteiger partial charge in [0.15, 0.2) is 4.80 Å². The Balaban J connectivity index is 2.04. The van der Waals surface area contributed by atoms with Crippen molar-refractivity contribution in [3.8, 4) is 23.8 Å². The van der Waals surface area contributed by atoms with E-state index in [9.17, 15) is 9.59 Å². The maximum absolute atomic E-state index is 14.1. The molecule has 0 unspecified atom stereocenters. The van der Waals surface area contributed by atoms with Crippen molar-refractivity contribution < 1.29 is 19.0 Å². The molecule has 1 aliphatic heterocycles. The van der Waals surface area contributed by atoms with Gasteiger partial charge in [-0.2, -0.15) is 0 Å². The zero-order valence-corrected chi connectivity index (χ0v) is 25.6. The van der Waals surface area contributed by atoms with Crippen molar-refractivity contribution in [1.29, 1.82) is 0 Å². The molecule has 1 aliphatic rings. The van der Waals surface area contributed by atoms with Crippen LogP contribution in [0.2, 0.25) is 0 Å². The number of ether oxygens (including phenoxy) is 3. The van der Waals surface area contributed by atoms with Crippen molar-refractivity contribution in [3.63, 3.8) is 0 Å². The normalized spacial score (nSPS) is 14.9. The van der Waals surface area contributed by atoms with Crippen molar-refractivity contribution in [2.45, 2.75) is 32.7 Å². The lowest BCUT2D eigenvalue weighted by molar-refractivity contribution is -0.139. The third-order valence-corrected chi connectivity index (χ3v) is 7.92. The third-order valence-electron chi connectivity index (χ3n) is 5.95. The molecule has 1 atom stereocenters. The molecule has 10 heteroatoms. The summed E-state index contributed by atoms with van der Waals surface area (Å²) in [7, 11) is 1.56. The van der Waals surface area contributed by atoms with Crippen LogP contribution in [0.15, 0.2) is 66.4 Å². The van der Waals surface area contributed by atoms with Crippen LogP contribution in [0.3, 0.4) is 0 Å². The molecule has 0 saturated carbocycles. The van der Waals surface area contributed by atoms with Crippen LogP contribution < -0.4 is 24.4 Å². The molecule has 0 radical (unpaired) electrons. The first-order valence-corrected chi connectivity index (χ1v) is 14.6. The molecule has 202 valence electrons. The summed E-state index contributed by atoms with van der Waals surface area (Å²) in [5.41, 5.74) is 1.95. The first kappa shape index (κ1) is 28.9. The predicted molar refractivity (Wildman–Crippen MR) is 159 cm³/mol. The average molecular weight is 674 g/mol. The quantitative estimate of drug-likeness (QED) is 0.233. The summed E-state index contributed by atoms with van der Waals surface area (Å²) in [6.07, 6.45) is 8.44. The van der Waals surface area contributed by atoms with Gasteiger partial charge >= 0.3 is 5.97 Å². The standard InChI is InChI=1S/C29H26Br2N2O5S/c1-5-8-21-25(28(35)37-7-3)26(20-16-19(31)10-12-23(20)36-4)33-27(34)24(39-29(33)32-21)15-17-14-18(30)9-11-22(17)38-13-6-2/h2,9-12,14-16,26H,5,7-8,13H2,1,3-4H3/b24-15+/t26-/m1/s1. The zero-order chi connectivity index (χ0) is 28.1. The third kappa shape index (κ3) is 6.06. The minimum absolute atomic E-state index is 0.0929. The number of methoxy groups -OCH3 is 1. The highest BCUT2D eigenvalue weighted by Crippen LogP contribution is 2.38. The van der Waals surface area contributed by atoms with Crippen molar-refractivity contribution in [3.05, 3.63) is 87.4 Å². The first-order chi connectivity index (χ1) is 18.8. The molecular weight excluding hydrogens is 648 g/mol. The van der Waals surface area contributed by atoms with E-state index in [4.69, 9.17) is 25.6 Å². The van der Waals surface area contributed by atoms with E-state index in [2.05, 4.69) is 37.8 Å². The molecule has 2 aromatic carbocycles. The van der Waals surface area contributed by atoms with Gasteiger partial charge in [-0.3, -0.25) is 9.36 Å². The highest BCUT2D eigenvalue weighted by Gasteiger charge is 2.36. The number of terminal acetylenes is 1. The van der Waals surface area contributed by atoms with Crippen molar-refractivity contribution >= 4 is 55.2 Å². The van der Waals surface area contributed by atoms with Crippen molar-refractivity contribution in [1.82, 2.24) is 4.57 Å². The fraction of sp³-hybridized carbons (Fsp3) is 0.276. The van der Waals surface area contributed by atoms with E-state index in [1.165, 1.54) is 11.3 Å². The Labute approximate surface area is 247 Å². The number of nitrogens with zero attached hydrogens (tertiary/aromatic N) is 2. The molecule has 0 fully saturated rings. The lowest BCUT2D eigenvalue weighted by Gasteiger charge is -2.27. The van der Waals surface area contributed by atoms with Crippen LogP contribution in [0.4, 0.5) is 0 Å². The van der Waals surface area contributed by atoms with Crippen molar-refractivity contribution in [2.75, 3.05) is 20.3 Å². The maximum atomic E-state index is 14.1. The fourth-order valence-corrected chi connectivity index (χ4v) is 6.13. The monoisotopic (exact) mass is 672 g/mol. The maximum Gasteiger partial charge on any atom is 0.338 e. The number of benzene rings is 2. The van der Waals surface area contributed by atoms with Gasteiger partial charge in [0.2, 0.25) is 0 Å². The Hall–Kier alpha value is -3.13. The second kappa shape index (κ2) is 12.8. The number of fused-ring (bicyclic) bond motifs is 1. The summed E-state index contributed by atoms with van der Waals surface area (Å²) < 4.78 is 20.4. The smallest absolute Gasteiger partial charge is 0.338 e. The number of carbonyl (C=O) groups is 1. The summed E-state index contributed by atoms with van der Waals surface area (Å²) >= 11 is 8.27. The Morgan fingerprint density at radius 1 is 1.18 bits per heavy atom. The molecular formula is C29H26Br2N2O5S. The summed E-state index contributed by atoms with van der Waals surface area (Å²) in [5.74, 6) is 3.04. The van der Waals surface area contributed by atoms with Gasteiger partial charge in [0.05, 0.1) is 29.5 Å². The van der Waals surface area contributed by atoms with Crippen LogP contribution in [0.1, 0.15) is 43.9 Å². The summed E-state index contributed by atoms with van der Waals surface area (Å²) in [4.78, 5) is 32.7. The topological polar surface area (TPSA) is 79.1 Å². The molecule has 2 heterocycles. The van der Waals surface area contributed by atoms with Crippen LogP contribution in [0.5, 0.6) is 11.5 Å². The number of thiazole rings is 1. The van der Waals surface area contributed by atoms with Gasteiger partial charge in [0, 0.05) is 20.1 Å². The van der Waals surface area contributed by atoms with Crippen LogP contribution in [0, 0.1) is 12.3 Å². The van der Waals surface area contributed by atoms with E-state index in [0.717, 1.165) is 15.4 Å². The minimum Gasteiger partial charge on any atom is -0.496 e. The second-order valence-electron chi connectivity index (χ2n) is 8.47. The second-order valence-corrected chi connectivity index (χ2v) is 11.3. The van der Waals surface area contributed by atoms with Gasteiger partial charge in [0.1, 0.15) is 24.1 Å². The zero-order valence-electron chi connectivity index (χ0n) is 21.6. The molecule has 0 aliphatic carbocycles. The SMILES string of the molecule is C#CCOc1ccc(Br)cc1/C=c1/sc2n(c1=O)[C@H](c1cc(Br)ccc1OC)C(C(=O)OCC)=C(CCC)N=2. The number of hydrogen-bond donors (Lipinski definition) is 0. The molecule has 0 bridgehead atoms. The molecule has 4 rings (SSSR count). The highest BCUT2D eigenvalue weighted by atomic mass is 79.9. The van der Waals surface area contributed by atoms with E-state index in [0.29, 0.717) is 49.7 Å². The van der Waals surface area contributed by atoms with Gasteiger partial charge in [-0.25, -0.2) is 9.79 Å². The van der Waals surface area contributed by atoms with E-state index in [-0.39, 0.29) is 18.8 Å². The predicted octanol–water partition coefficient (Wildman–Crippen LogP) is 5.12. The number of halogens is 2. The lowest BCUT2D eigenvalue weighted by Crippen LogP contribution is -2.40. The number of esters is 1. The number of allylic oxidation sites excluding steroid dienone is 1. The Morgan fingerprint density at radius 2 is 1.90 bits per heavy atom. The summed E-state index contributed by atoms with van der Waals surface area (Å²) in [6, 6.07) is 10.2. The van der Waals surface area contributed by atoms with Gasteiger partial charge in [-0.1, -0.05) is 62.5 Å². The van der Waals surface area contributed by atoms with E-state index < -0.39 is 12.0 Å². The van der Waals surface area contributed by atoms with Crippen LogP contribution in [-0.2, 0) is 9.53 Å². The number of carbonyl (C=O) groups excluding carboxylic acids is 1. The average Bonchev–Trinajstić information content (AvgIpc) is 3.22. The number of hydrogen-bond acceptors (Lipinski definition) is 7. The van der Waals surface area contributed by atoms with Crippen molar-refractivity contribution in [2.24, 2.45) is 4.99 Å². The first-order valence-electron chi connectivity index (χ1n) is 12.2. The van der Waals surface area contributed by atoms with Gasteiger partial charge < -0.3 is 14.2 Å². The molecule has 0 N–H and O–H groups in total. The molecule has 3 aromatic rings. The summed E-state index contributed by atoms with van der Waals surface area (Å²) in [6.45, 7) is 4.05. The Kier molecular flexibility index (Phi) is 9.49. The Bertz CT molecular complexity index is 1670. The van der Waals surface area contributed by atoms with Crippen LogP contribution >= 0.6 is 43.2 Å². The van der Waals surface area contributed by atoms with E-state index >= 15 is 0 Å².